The molecule has 0 radical (unpaired) electrons. The number of hydrogen-bond donors (Lipinski definition) is 0. The minimum absolute atomic E-state index is 0.168. The number of alkyl halides is 1. The van der Waals surface area contributed by atoms with Crippen molar-refractivity contribution in [3.05, 3.63) is 29.6 Å². The average Bonchev–Trinajstić information content (AvgIpc) is 2.78. The molecule has 0 unspecified atom stereocenters. The van der Waals surface area contributed by atoms with Crippen LogP contribution in [0.3, 0.4) is 0 Å². The first kappa shape index (κ1) is 15.2. The summed E-state index contributed by atoms with van der Waals surface area (Å²) in [4.78, 5) is 6.39. The lowest BCUT2D eigenvalue weighted by molar-refractivity contribution is 0.263. The highest BCUT2D eigenvalue weighted by Gasteiger charge is 2.17. The van der Waals surface area contributed by atoms with Gasteiger partial charge in [0.15, 0.2) is 11.6 Å². The Kier molecular flexibility index (Phi) is 4.60. The summed E-state index contributed by atoms with van der Waals surface area (Å²) in [7, 11) is 1.99. The van der Waals surface area contributed by atoms with E-state index in [0.29, 0.717) is 30.5 Å². The summed E-state index contributed by atoms with van der Waals surface area (Å²) in [6.45, 7) is 5.39. The van der Waals surface area contributed by atoms with Crippen molar-refractivity contribution in [3.8, 4) is 0 Å². The van der Waals surface area contributed by atoms with Crippen LogP contribution in [0, 0.1) is 11.6 Å². The van der Waals surface area contributed by atoms with Crippen molar-refractivity contribution < 1.29 is 8.78 Å². The summed E-state index contributed by atoms with van der Waals surface area (Å²) in [5, 5.41) is 0. The maximum absolute atomic E-state index is 14.0. The van der Waals surface area contributed by atoms with Crippen molar-refractivity contribution in [3.63, 3.8) is 0 Å². The molecule has 0 N–H and O–H groups in total. The number of likely N-dealkylation sites (N-methyl/N-ethyl adjacent to an activating group) is 1. The first-order valence-electron chi connectivity index (χ1n) is 6.55. The Morgan fingerprint density at radius 2 is 2.05 bits per heavy atom. The van der Waals surface area contributed by atoms with Gasteiger partial charge in [-0.3, -0.25) is 0 Å². The molecule has 0 saturated carbocycles. The molecule has 20 heavy (non-hydrogen) atoms. The number of nitrogens with zero attached hydrogens (tertiary/aromatic N) is 3. The van der Waals surface area contributed by atoms with E-state index in [1.807, 2.05) is 7.05 Å². The zero-order chi connectivity index (χ0) is 14.9. The highest BCUT2D eigenvalue weighted by Crippen LogP contribution is 2.23. The minimum atomic E-state index is -0.864. The molecule has 0 fully saturated rings. The van der Waals surface area contributed by atoms with Crippen molar-refractivity contribution in [2.75, 3.05) is 13.6 Å². The van der Waals surface area contributed by atoms with Gasteiger partial charge in [-0.25, -0.2) is 13.8 Å². The number of halogens is 3. The fourth-order valence-electron chi connectivity index (χ4n) is 2.06. The lowest BCUT2D eigenvalue weighted by atomic mass is 10.3. The first-order chi connectivity index (χ1) is 9.45. The van der Waals surface area contributed by atoms with Crippen LogP contribution in [0.1, 0.15) is 19.7 Å². The van der Waals surface area contributed by atoms with Crippen LogP contribution in [0.5, 0.6) is 0 Å². The van der Waals surface area contributed by atoms with E-state index in [-0.39, 0.29) is 11.4 Å². The number of benzene rings is 1. The Balaban J connectivity index is 2.42. The van der Waals surface area contributed by atoms with E-state index in [9.17, 15) is 8.78 Å². The fourth-order valence-corrected chi connectivity index (χ4v) is 2.27. The third-order valence-corrected chi connectivity index (χ3v) is 3.80. The lowest BCUT2D eigenvalue weighted by Gasteiger charge is -2.21. The van der Waals surface area contributed by atoms with Gasteiger partial charge < -0.3 is 9.47 Å². The zero-order valence-corrected chi connectivity index (χ0v) is 12.6. The minimum Gasteiger partial charge on any atom is -0.323 e. The van der Waals surface area contributed by atoms with Gasteiger partial charge in [-0.15, -0.1) is 11.6 Å². The van der Waals surface area contributed by atoms with Gasteiger partial charge in [0.05, 0.1) is 11.4 Å². The fraction of sp³-hybridized carbons (Fsp3) is 0.500. The quantitative estimate of drug-likeness (QED) is 0.789. The van der Waals surface area contributed by atoms with Gasteiger partial charge in [-0.1, -0.05) is 0 Å². The molecule has 2 aromatic rings. The molecule has 0 amide bonds. The van der Waals surface area contributed by atoms with Gasteiger partial charge in [0.1, 0.15) is 11.3 Å². The summed E-state index contributed by atoms with van der Waals surface area (Å²) in [5.74, 6) is -1.000. The number of aromatic nitrogens is 2. The zero-order valence-electron chi connectivity index (χ0n) is 11.8. The second-order valence-corrected chi connectivity index (χ2v) is 5.38. The van der Waals surface area contributed by atoms with Crippen molar-refractivity contribution in [1.29, 1.82) is 0 Å². The van der Waals surface area contributed by atoms with Gasteiger partial charge in [0.25, 0.3) is 0 Å². The van der Waals surface area contributed by atoms with E-state index in [4.69, 9.17) is 11.6 Å². The molecule has 0 atom stereocenters. The van der Waals surface area contributed by atoms with Gasteiger partial charge in [0, 0.05) is 19.1 Å². The molecule has 3 nitrogen and oxygen atoms in total. The summed E-state index contributed by atoms with van der Waals surface area (Å²) in [6.07, 6.45) is 0. The molecule has 1 aromatic heterocycles. The molecule has 1 aromatic carbocycles. The van der Waals surface area contributed by atoms with Crippen LogP contribution in [0.25, 0.3) is 11.0 Å². The van der Waals surface area contributed by atoms with E-state index in [2.05, 4.69) is 23.7 Å². The Morgan fingerprint density at radius 3 is 2.65 bits per heavy atom. The average molecular weight is 302 g/mol. The van der Waals surface area contributed by atoms with E-state index in [1.165, 1.54) is 6.07 Å². The molecule has 2 rings (SSSR count). The maximum atomic E-state index is 14.0. The highest BCUT2D eigenvalue weighted by molar-refractivity contribution is 6.16. The maximum Gasteiger partial charge on any atom is 0.184 e. The van der Waals surface area contributed by atoms with E-state index in [1.54, 1.807) is 4.57 Å². The van der Waals surface area contributed by atoms with Crippen LogP contribution in [-0.4, -0.2) is 34.1 Å². The summed E-state index contributed by atoms with van der Waals surface area (Å²) < 4.78 is 29.1. The predicted octanol–water partition coefficient (Wildman–Crippen LogP) is 3.39. The normalized spacial score (nSPS) is 12.0. The van der Waals surface area contributed by atoms with Gasteiger partial charge in [0.2, 0.25) is 0 Å². The van der Waals surface area contributed by atoms with Crippen LogP contribution >= 0.6 is 11.6 Å². The largest absolute Gasteiger partial charge is 0.323 e. The smallest absolute Gasteiger partial charge is 0.184 e. The van der Waals surface area contributed by atoms with E-state index < -0.39 is 11.6 Å². The highest BCUT2D eigenvalue weighted by atomic mass is 35.5. The Labute approximate surface area is 122 Å². The Hall–Kier alpha value is -1.20. The molecule has 0 spiro atoms. The van der Waals surface area contributed by atoms with Gasteiger partial charge in [-0.05, 0) is 33.0 Å². The van der Waals surface area contributed by atoms with Crippen LogP contribution < -0.4 is 0 Å². The third-order valence-electron chi connectivity index (χ3n) is 3.56. The van der Waals surface area contributed by atoms with Crippen LogP contribution in [-0.2, 0) is 12.4 Å². The molecule has 0 aliphatic carbocycles. The monoisotopic (exact) mass is 301 g/mol. The van der Waals surface area contributed by atoms with Gasteiger partial charge >= 0.3 is 0 Å². The SMILES string of the molecule is CC(C)N(C)CCn1c(CCl)nc2ccc(F)c(F)c21. The Morgan fingerprint density at radius 1 is 1.35 bits per heavy atom. The summed E-state index contributed by atoms with van der Waals surface area (Å²) >= 11 is 5.86. The molecule has 110 valence electrons. The van der Waals surface area contributed by atoms with E-state index in [0.717, 1.165) is 6.07 Å². The van der Waals surface area contributed by atoms with Crippen molar-refractivity contribution in [1.82, 2.24) is 14.5 Å². The number of imidazole rings is 1. The lowest BCUT2D eigenvalue weighted by Crippen LogP contribution is -2.30. The molecule has 0 aliphatic heterocycles. The van der Waals surface area contributed by atoms with Crippen LogP contribution in [0.4, 0.5) is 8.78 Å². The molecule has 1 heterocycles. The topological polar surface area (TPSA) is 21.1 Å². The van der Waals surface area contributed by atoms with E-state index >= 15 is 0 Å². The molecular formula is C14H18ClF2N3. The molecule has 0 aliphatic rings. The Bertz CT molecular complexity index is 610. The first-order valence-corrected chi connectivity index (χ1v) is 7.08. The molecule has 0 saturated heterocycles. The summed E-state index contributed by atoms with van der Waals surface area (Å²) in [5.41, 5.74) is 0.629. The summed E-state index contributed by atoms with van der Waals surface area (Å²) in [6, 6.07) is 2.95. The second-order valence-electron chi connectivity index (χ2n) is 5.12. The van der Waals surface area contributed by atoms with Crippen LogP contribution in [0.15, 0.2) is 12.1 Å². The van der Waals surface area contributed by atoms with Crippen LogP contribution in [0.2, 0.25) is 0 Å². The standard InChI is InChI=1S/C14H18ClF2N3/c1-9(2)19(3)6-7-20-12(8-15)18-11-5-4-10(16)13(17)14(11)20/h4-5,9H,6-8H2,1-3H3. The second kappa shape index (κ2) is 6.06. The molecule has 0 bridgehead atoms. The predicted molar refractivity (Wildman–Crippen MR) is 77.0 cm³/mol. The van der Waals surface area contributed by atoms with Gasteiger partial charge in [-0.2, -0.15) is 0 Å². The third kappa shape index (κ3) is 2.79. The van der Waals surface area contributed by atoms with Crippen molar-refractivity contribution >= 4 is 22.6 Å². The molecule has 6 heteroatoms. The number of fused-ring (bicyclic) bond motifs is 1. The molecular weight excluding hydrogens is 284 g/mol. The van der Waals surface area contributed by atoms with Crippen molar-refractivity contribution in [2.45, 2.75) is 32.3 Å². The van der Waals surface area contributed by atoms with Crippen molar-refractivity contribution in [2.24, 2.45) is 0 Å². The number of rotatable bonds is 5. The number of hydrogen-bond acceptors (Lipinski definition) is 2.